The smallest absolute Gasteiger partial charge is 0.340 e. The van der Waals surface area contributed by atoms with E-state index in [1.165, 1.54) is 20.3 Å². The Morgan fingerprint density at radius 2 is 2.10 bits per heavy atom. The Labute approximate surface area is 123 Å². The van der Waals surface area contributed by atoms with Crippen molar-refractivity contribution in [1.29, 1.82) is 5.26 Å². The molecular weight excluding hydrogens is 272 g/mol. The van der Waals surface area contributed by atoms with Crippen LogP contribution in [0.25, 0.3) is 0 Å². The van der Waals surface area contributed by atoms with Gasteiger partial charge in [0.2, 0.25) is 0 Å². The first-order chi connectivity index (χ1) is 10.0. The van der Waals surface area contributed by atoms with E-state index in [1.54, 1.807) is 6.07 Å². The van der Waals surface area contributed by atoms with Crippen molar-refractivity contribution in [3.8, 4) is 17.6 Å². The van der Waals surface area contributed by atoms with Gasteiger partial charge in [-0.25, -0.2) is 4.79 Å². The lowest BCUT2D eigenvalue weighted by atomic mass is 10.1. The molecule has 112 valence electrons. The maximum absolute atomic E-state index is 12.2. The number of hydrogen-bond donors (Lipinski definition) is 1. The molecule has 0 amide bonds. The summed E-state index contributed by atoms with van der Waals surface area (Å²) < 4.78 is 15.5. The number of nitrogen functional groups attached to an aromatic ring is 1. The maximum Gasteiger partial charge on any atom is 0.340 e. The summed E-state index contributed by atoms with van der Waals surface area (Å²) in [5, 5.41) is 8.76. The van der Waals surface area contributed by atoms with Gasteiger partial charge in [0, 0.05) is 17.9 Å². The first-order valence-electron chi connectivity index (χ1n) is 6.61. The molecule has 21 heavy (non-hydrogen) atoms. The van der Waals surface area contributed by atoms with Crippen LogP contribution in [-0.4, -0.2) is 26.8 Å². The SMILES string of the molecule is COc1cc(OC)c(N)c(C(=O)OCC2(CC#N)CC2)c1. The first kappa shape index (κ1) is 15.0. The van der Waals surface area contributed by atoms with Crippen LogP contribution in [0.3, 0.4) is 0 Å². The van der Waals surface area contributed by atoms with Gasteiger partial charge in [0.15, 0.2) is 0 Å². The third-order valence-electron chi connectivity index (χ3n) is 3.71. The Morgan fingerprint density at radius 3 is 2.62 bits per heavy atom. The molecule has 1 aromatic carbocycles. The van der Waals surface area contributed by atoms with Crippen molar-refractivity contribution < 1.29 is 19.0 Å². The van der Waals surface area contributed by atoms with Crippen LogP contribution in [-0.2, 0) is 4.74 Å². The number of carbonyl (C=O) groups excluding carboxylic acids is 1. The number of benzene rings is 1. The molecule has 1 aromatic rings. The zero-order chi connectivity index (χ0) is 15.5. The quantitative estimate of drug-likeness (QED) is 0.637. The molecule has 6 nitrogen and oxygen atoms in total. The van der Waals surface area contributed by atoms with E-state index in [2.05, 4.69) is 6.07 Å². The zero-order valence-electron chi connectivity index (χ0n) is 12.1. The van der Waals surface area contributed by atoms with Crippen molar-refractivity contribution in [2.24, 2.45) is 5.41 Å². The lowest BCUT2D eigenvalue weighted by molar-refractivity contribution is 0.0420. The number of methoxy groups -OCH3 is 2. The number of anilines is 1. The highest BCUT2D eigenvalue weighted by Crippen LogP contribution is 2.48. The molecule has 0 bridgehead atoms. The molecule has 1 saturated carbocycles. The Morgan fingerprint density at radius 1 is 1.38 bits per heavy atom. The van der Waals surface area contributed by atoms with Gasteiger partial charge in [-0.1, -0.05) is 0 Å². The Bertz CT molecular complexity index is 588. The van der Waals surface area contributed by atoms with Gasteiger partial charge in [-0.3, -0.25) is 0 Å². The minimum atomic E-state index is -0.533. The number of nitrogens with zero attached hydrogens (tertiary/aromatic N) is 1. The summed E-state index contributed by atoms with van der Waals surface area (Å²) in [6.45, 7) is 0.234. The van der Waals surface area contributed by atoms with Crippen molar-refractivity contribution in [2.75, 3.05) is 26.6 Å². The third kappa shape index (κ3) is 3.19. The van der Waals surface area contributed by atoms with Crippen LogP contribution in [0.5, 0.6) is 11.5 Å². The number of hydrogen-bond acceptors (Lipinski definition) is 6. The summed E-state index contributed by atoms with van der Waals surface area (Å²) >= 11 is 0. The van der Waals surface area contributed by atoms with Gasteiger partial charge in [0.25, 0.3) is 0 Å². The predicted octanol–water partition coefficient (Wildman–Crippen LogP) is 2.14. The summed E-state index contributed by atoms with van der Waals surface area (Å²) in [5.41, 5.74) is 6.16. The molecular formula is C15H18N2O4. The molecule has 0 radical (unpaired) electrons. The van der Waals surface area contributed by atoms with E-state index in [-0.39, 0.29) is 23.3 Å². The summed E-state index contributed by atoms with van der Waals surface area (Å²) in [6, 6.07) is 5.25. The Hall–Kier alpha value is -2.42. The minimum absolute atomic E-state index is 0.165. The van der Waals surface area contributed by atoms with Gasteiger partial charge in [-0.2, -0.15) is 5.26 Å². The molecule has 0 aliphatic heterocycles. The fourth-order valence-electron chi connectivity index (χ4n) is 2.07. The van der Waals surface area contributed by atoms with Gasteiger partial charge >= 0.3 is 5.97 Å². The van der Waals surface area contributed by atoms with E-state index >= 15 is 0 Å². The van der Waals surface area contributed by atoms with E-state index in [0.717, 1.165) is 12.8 Å². The highest BCUT2D eigenvalue weighted by atomic mass is 16.5. The van der Waals surface area contributed by atoms with Crippen molar-refractivity contribution in [1.82, 2.24) is 0 Å². The van der Waals surface area contributed by atoms with Crippen LogP contribution >= 0.6 is 0 Å². The first-order valence-corrected chi connectivity index (χ1v) is 6.61. The third-order valence-corrected chi connectivity index (χ3v) is 3.71. The van der Waals surface area contributed by atoms with E-state index in [9.17, 15) is 4.79 Å². The van der Waals surface area contributed by atoms with Crippen LogP contribution < -0.4 is 15.2 Å². The standard InChI is InChI=1S/C15H18N2O4/c1-19-10-7-11(13(17)12(8-10)20-2)14(18)21-9-15(3-4-15)5-6-16/h7-8H,3-5,9,17H2,1-2H3. The fraction of sp³-hybridized carbons (Fsp3) is 0.467. The summed E-state index contributed by atoms with van der Waals surface area (Å²) in [5.74, 6) is 0.291. The second-order valence-corrected chi connectivity index (χ2v) is 5.20. The summed E-state index contributed by atoms with van der Waals surface area (Å²) in [4.78, 5) is 12.2. The molecule has 1 fully saturated rings. The predicted molar refractivity (Wildman–Crippen MR) is 76.1 cm³/mol. The lowest BCUT2D eigenvalue weighted by Crippen LogP contribution is -2.16. The van der Waals surface area contributed by atoms with Gasteiger partial charge < -0.3 is 19.9 Å². The highest BCUT2D eigenvalue weighted by Gasteiger charge is 2.44. The Kier molecular flexibility index (Phi) is 4.22. The van der Waals surface area contributed by atoms with Crippen LogP contribution in [0.15, 0.2) is 12.1 Å². The molecule has 0 atom stereocenters. The van der Waals surface area contributed by atoms with Gasteiger partial charge in [-0.05, 0) is 18.9 Å². The molecule has 2 rings (SSSR count). The molecule has 0 aromatic heterocycles. The molecule has 0 heterocycles. The largest absolute Gasteiger partial charge is 0.497 e. The molecule has 0 saturated heterocycles. The molecule has 0 spiro atoms. The van der Waals surface area contributed by atoms with Gasteiger partial charge in [-0.15, -0.1) is 0 Å². The molecule has 2 N–H and O–H groups in total. The average Bonchev–Trinajstić information content (AvgIpc) is 3.25. The molecule has 0 unspecified atom stereocenters. The number of esters is 1. The van der Waals surface area contributed by atoms with Gasteiger partial charge in [0.1, 0.15) is 11.5 Å². The van der Waals surface area contributed by atoms with Crippen molar-refractivity contribution in [2.45, 2.75) is 19.3 Å². The normalized spacial score (nSPS) is 14.9. The summed E-state index contributed by atoms with van der Waals surface area (Å²) in [7, 11) is 2.96. The van der Waals surface area contributed by atoms with E-state index in [0.29, 0.717) is 17.9 Å². The number of ether oxygens (including phenoxy) is 3. The van der Waals surface area contributed by atoms with E-state index in [1.807, 2.05) is 0 Å². The van der Waals surface area contributed by atoms with Crippen LogP contribution in [0.4, 0.5) is 5.69 Å². The monoisotopic (exact) mass is 290 g/mol. The van der Waals surface area contributed by atoms with Crippen LogP contribution in [0, 0.1) is 16.7 Å². The van der Waals surface area contributed by atoms with Crippen LogP contribution in [0.2, 0.25) is 0 Å². The van der Waals surface area contributed by atoms with E-state index < -0.39 is 5.97 Å². The maximum atomic E-state index is 12.2. The second kappa shape index (κ2) is 5.92. The molecule has 1 aliphatic carbocycles. The number of nitrogens with two attached hydrogens (primary N) is 1. The van der Waals surface area contributed by atoms with Crippen molar-refractivity contribution >= 4 is 11.7 Å². The van der Waals surface area contributed by atoms with Crippen LogP contribution in [0.1, 0.15) is 29.6 Å². The minimum Gasteiger partial charge on any atom is -0.497 e. The number of nitriles is 1. The Balaban J connectivity index is 2.14. The number of carbonyl (C=O) groups is 1. The average molecular weight is 290 g/mol. The van der Waals surface area contributed by atoms with Crippen molar-refractivity contribution in [3.63, 3.8) is 0 Å². The lowest BCUT2D eigenvalue weighted by Gasteiger charge is -2.14. The number of rotatable bonds is 6. The van der Waals surface area contributed by atoms with Crippen molar-refractivity contribution in [3.05, 3.63) is 17.7 Å². The topological polar surface area (TPSA) is 94.6 Å². The summed E-state index contributed by atoms with van der Waals surface area (Å²) in [6.07, 6.45) is 2.21. The zero-order valence-corrected chi connectivity index (χ0v) is 12.1. The molecule has 6 heteroatoms. The van der Waals surface area contributed by atoms with Gasteiger partial charge in [0.05, 0.1) is 38.1 Å². The highest BCUT2D eigenvalue weighted by molar-refractivity contribution is 5.97. The second-order valence-electron chi connectivity index (χ2n) is 5.20. The van der Waals surface area contributed by atoms with E-state index in [4.69, 9.17) is 25.2 Å². The molecule has 1 aliphatic rings. The fourth-order valence-corrected chi connectivity index (χ4v) is 2.07.